The van der Waals surface area contributed by atoms with Crippen molar-refractivity contribution in [2.45, 2.75) is 33.2 Å². The molecule has 0 saturated carbocycles. The molecule has 1 aromatic rings. The predicted molar refractivity (Wildman–Crippen MR) is 74.6 cm³/mol. The number of carbonyl (C=O) groups excluding carboxylic acids is 1. The summed E-state index contributed by atoms with van der Waals surface area (Å²) in [7, 11) is 0. The van der Waals surface area contributed by atoms with Gasteiger partial charge in [-0.1, -0.05) is 13.8 Å². The van der Waals surface area contributed by atoms with E-state index in [0.29, 0.717) is 12.5 Å². The van der Waals surface area contributed by atoms with Crippen LogP contribution in [0.25, 0.3) is 0 Å². The van der Waals surface area contributed by atoms with E-state index in [1.54, 1.807) is 6.20 Å². The molecule has 0 radical (unpaired) electrons. The molecule has 0 aromatic carbocycles. The van der Waals surface area contributed by atoms with E-state index in [-0.39, 0.29) is 11.3 Å². The van der Waals surface area contributed by atoms with Crippen molar-refractivity contribution in [2.24, 2.45) is 11.3 Å². The molecular formula is C14H24N4O. The second kappa shape index (κ2) is 6.19. The minimum absolute atomic E-state index is 0.147. The van der Waals surface area contributed by atoms with Crippen LogP contribution >= 0.6 is 0 Å². The van der Waals surface area contributed by atoms with E-state index in [2.05, 4.69) is 15.7 Å². The fraction of sp³-hybridized carbons (Fsp3) is 0.714. The largest absolute Gasteiger partial charge is 0.354 e. The van der Waals surface area contributed by atoms with Gasteiger partial charge in [0.25, 0.3) is 0 Å². The molecule has 2 N–H and O–H groups in total. The molecule has 1 unspecified atom stereocenters. The third kappa shape index (κ3) is 3.56. The van der Waals surface area contributed by atoms with Crippen LogP contribution in [0.5, 0.6) is 0 Å². The Kier molecular flexibility index (Phi) is 4.58. The zero-order chi connectivity index (χ0) is 13.7. The van der Waals surface area contributed by atoms with Gasteiger partial charge in [0.2, 0.25) is 5.91 Å². The van der Waals surface area contributed by atoms with Gasteiger partial charge < -0.3 is 10.6 Å². The summed E-state index contributed by atoms with van der Waals surface area (Å²) >= 11 is 0. The molecule has 0 bridgehead atoms. The Morgan fingerprint density at radius 1 is 1.58 bits per heavy atom. The lowest BCUT2D eigenvalue weighted by molar-refractivity contribution is -0.132. The van der Waals surface area contributed by atoms with Crippen molar-refractivity contribution < 1.29 is 4.79 Å². The quantitative estimate of drug-likeness (QED) is 0.835. The lowest BCUT2D eigenvalue weighted by atomic mass is 9.74. The highest BCUT2D eigenvalue weighted by Gasteiger charge is 2.36. The monoisotopic (exact) mass is 264 g/mol. The molecule has 5 nitrogen and oxygen atoms in total. The Morgan fingerprint density at radius 2 is 2.42 bits per heavy atom. The van der Waals surface area contributed by atoms with Crippen LogP contribution in [0.15, 0.2) is 18.5 Å². The summed E-state index contributed by atoms with van der Waals surface area (Å²) in [5, 5.41) is 10.5. The lowest BCUT2D eigenvalue weighted by Crippen LogP contribution is -2.47. The van der Waals surface area contributed by atoms with Crippen molar-refractivity contribution in [1.82, 2.24) is 20.4 Å². The first-order chi connectivity index (χ1) is 9.10. The summed E-state index contributed by atoms with van der Waals surface area (Å²) in [5.41, 5.74) is -0.308. The highest BCUT2D eigenvalue weighted by atomic mass is 16.2. The Balaban J connectivity index is 1.80. The fourth-order valence-electron chi connectivity index (χ4n) is 2.60. The Morgan fingerprint density at radius 3 is 3.05 bits per heavy atom. The van der Waals surface area contributed by atoms with Crippen molar-refractivity contribution in [1.29, 1.82) is 0 Å². The van der Waals surface area contributed by atoms with E-state index in [1.807, 2.05) is 30.8 Å². The maximum Gasteiger partial charge on any atom is 0.226 e. The van der Waals surface area contributed by atoms with E-state index < -0.39 is 0 Å². The third-order valence-corrected chi connectivity index (χ3v) is 4.09. The van der Waals surface area contributed by atoms with Crippen LogP contribution in [0.1, 0.15) is 26.7 Å². The minimum atomic E-state index is -0.308. The number of aromatic nitrogens is 2. The van der Waals surface area contributed by atoms with Gasteiger partial charge in [-0.05, 0) is 37.9 Å². The van der Waals surface area contributed by atoms with Crippen LogP contribution in [-0.4, -0.2) is 35.3 Å². The zero-order valence-electron chi connectivity index (χ0n) is 11.9. The molecular weight excluding hydrogens is 240 g/mol. The number of hydrogen-bond acceptors (Lipinski definition) is 3. The number of carbonyl (C=O) groups is 1. The first-order valence-corrected chi connectivity index (χ1v) is 7.07. The summed E-state index contributed by atoms with van der Waals surface area (Å²) < 4.78 is 1.83. The number of amides is 1. The van der Waals surface area contributed by atoms with Gasteiger partial charge in [-0.3, -0.25) is 9.48 Å². The number of hydrogen-bond donors (Lipinski definition) is 2. The first kappa shape index (κ1) is 14.1. The number of nitrogens with zero attached hydrogens (tertiary/aromatic N) is 2. The van der Waals surface area contributed by atoms with Gasteiger partial charge in [-0.2, -0.15) is 5.10 Å². The van der Waals surface area contributed by atoms with E-state index in [1.165, 1.54) is 0 Å². The van der Waals surface area contributed by atoms with Gasteiger partial charge in [0.05, 0.1) is 6.54 Å². The predicted octanol–water partition coefficient (Wildman–Crippen LogP) is 1.03. The topological polar surface area (TPSA) is 59.0 Å². The maximum atomic E-state index is 12.3. The van der Waals surface area contributed by atoms with Gasteiger partial charge in [-0.25, -0.2) is 0 Å². The van der Waals surface area contributed by atoms with Gasteiger partial charge in [0, 0.05) is 24.4 Å². The molecule has 1 amide bonds. The first-order valence-electron chi connectivity index (χ1n) is 7.07. The van der Waals surface area contributed by atoms with Crippen LogP contribution in [0.4, 0.5) is 0 Å². The van der Waals surface area contributed by atoms with Crippen LogP contribution in [0.3, 0.4) is 0 Å². The van der Waals surface area contributed by atoms with Gasteiger partial charge in [0.15, 0.2) is 0 Å². The van der Waals surface area contributed by atoms with Crippen LogP contribution in [0.2, 0.25) is 0 Å². The van der Waals surface area contributed by atoms with Crippen molar-refractivity contribution in [3.05, 3.63) is 18.5 Å². The standard InChI is InChI=1S/C14H24N4O/c1-14(2,12-5-3-6-15-11-12)13(19)16-8-10-18-9-4-7-17-18/h4,7,9,12,15H,3,5-6,8,10-11H2,1-2H3,(H,16,19). The number of piperidine rings is 1. The molecule has 2 heterocycles. The van der Waals surface area contributed by atoms with Crippen LogP contribution in [-0.2, 0) is 11.3 Å². The molecule has 0 aliphatic carbocycles. The Bertz CT molecular complexity index is 394. The molecule has 1 atom stereocenters. The normalized spacial score (nSPS) is 20.2. The average Bonchev–Trinajstić information content (AvgIpc) is 2.93. The highest BCUT2D eigenvalue weighted by molar-refractivity contribution is 5.82. The molecule has 1 aliphatic heterocycles. The summed E-state index contributed by atoms with van der Waals surface area (Å²) in [6.07, 6.45) is 5.95. The van der Waals surface area contributed by atoms with Gasteiger partial charge >= 0.3 is 0 Å². The Hall–Kier alpha value is -1.36. The summed E-state index contributed by atoms with van der Waals surface area (Å²) in [5.74, 6) is 0.569. The molecule has 1 aromatic heterocycles. The van der Waals surface area contributed by atoms with Crippen molar-refractivity contribution in [2.75, 3.05) is 19.6 Å². The van der Waals surface area contributed by atoms with Crippen molar-refractivity contribution in [3.8, 4) is 0 Å². The van der Waals surface area contributed by atoms with Gasteiger partial charge in [-0.15, -0.1) is 0 Å². The number of nitrogens with one attached hydrogen (secondary N) is 2. The average molecular weight is 264 g/mol. The molecule has 2 rings (SSSR count). The minimum Gasteiger partial charge on any atom is -0.354 e. The van der Waals surface area contributed by atoms with Crippen molar-refractivity contribution in [3.63, 3.8) is 0 Å². The summed E-state index contributed by atoms with van der Waals surface area (Å²) in [6, 6.07) is 1.89. The van der Waals surface area contributed by atoms with Crippen molar-refractivity contribution >= 4 is 5.91 Å². The molecule has 5 heteroatoms. The van der Waals surface area contributed by atoms with Crippen LogP contribution in [0, 0.1) is 11.3 Å². The molecule has 1 fully saturated rings. The Labute approximate surface area is 114 Å². The van der Waals surface area contributed by atoms with E-state index in [0.717, 1.165) is 32.5 Å². The van der Waals surface area contributed by atoms with E-state index in [4.69, 9.17) is 0 Å². The lowest BCUT2D eigenvalue weighted by Gasteiger charge is -2.36. The van der Waals surface area contributed by atoms with E-state index >= 15 is 0 Å². The molecule has 0 spiro atoms. The van der Waals surface area contributed by atoms with E-state index in [9.17, 15) is 4.79 Å². The van der Waals surface area contributed by atoms with Gasteiger partial charge in [0.1, 0.15) is 0 Å². The molecule has 19 heavy (non-hydrogen) atoms. The summed E-state index contributed by atoms with van der Waals surface area (Å²) in [4.78, 5) is 12.3. The smallest absolute Gasteiger partial charge is 0.226 e. The SMILES string of the molecule is CC(C)(C(=O)NCCn1cccn1)C1CCCNC1. The molecule has 1 aliphatic rings. The second-order valence-electron chi connectivity index (χ2n) is 5.79. The zero-order valence-corrected chi connectivity index (χ0v) is 11.9. The summed E-state index contributed by atoms with van der Waals surface area (Å²) in [6.45, 7) is 7.47. The molecule has 1 saturated heterocycles. The molecule has 106 valence electrons. The fourth-order valence-corrected chi connectivity index (χ4v) is 2.60. The highest BCUT2D eigenvalue weighted by Crippen LogP contribution is 2.31. The third-order valence-electron chi connectivity index (χ3n) is 4.09. The maximum absolute atomic E-state index is 12.3. The second-order valence-corrected chi connectivity index (χ2v) is 5.79. The number of rotatable bonds is 5. The van der Waals surface area contributed by atoms with Crippen LogP contribution < -0.4 is 10.6 Å².